The van der Waals surface area contributed by atoms with Crippen LogP contribution < -0.4 is 0 Å². The van der Waals surface area contributed by atoms with Crippen molar-refractivity contribution in [2.24, 2.45) is 0 Å². The van der Waals surface area contributed by atoms with Gasteiger partial charge in [0.1, 0.15) is 11.2 Å². The standard InChI is InChI=1S/C18H22O2/c1-3-17(19,15-11-7-5-8-12-15)18(20,4-2)16-13-9-6-10-14-16/h5-14,19-20H,3-4H2,1-2H3. The van der Waals surface area contributed by atoms with E-state index >= 15 is 0 Å². The lowest BCUT2D eigenvalue weighted by molar-refractivity contribution is -0.169. The van der Waals surface area contributed by atoms with Crippen molar-refractivity contribution in [3.63, 3.8) is 0 Å². The van der Waals surface area contributed by atoms with Crippen LogP contribution in [0.25, 0.3) is 0 Å². The molecule has 2 atom stereocenters. The van der Waals surface area contributed by atoms with Gasteiger partial charge in [-0.25, -0.2) is 0 Å². The highest BCUT2D eigenvalue weighted by atomic mass is 16.4. The minimum absolute atomic E-state index is 0.441. The Hall–Kier alpha value is -1.64. The Morgan fingerprint density at radius 3 is 1.20 bits per heavy atom. The van der Waals surface area contributed by atoms with Gasteiger partial charge in [-0.3, -0.25) is 0 Å². The highest BCUT2D eigenvalue weighted by Crippen LogP contribution is 2.45. The van der Waals surface area contributed by atoms with Gasteiger partial charge in [-0.1, -0.05) is 74.5 Å². The van der Waals surface area contributed by atoms with E-state index in [0.717, 1.165) is 11.1 Å². The summed E-state index contributed by atoms with van der Waals surface area (Å²) >= 11 is 0. The molecule has 0 fully saturated rings. The van der Waals surface area contributed by atoms with Crippen LogP contribution >= 0.6 is 0 Å². The van der Waals surface area contributed by atoms with Gasteiger partial charge in [-0.05, 0) is 24.0 Å². The van der Waals surface area contributed by atoms with E-state index in [-0.39, 0.29) is 0 Å². The molecule has 2 nitrogen and oxygen atoms in total. The quantitative estimate of drug-likeness (QED) is 0.871. The maximum atomic E-state index is 11.2. The Bertz CT molecular complexity index is 486. The summed E-state index contributed by atoms with van der Waals surface area (Å²) in [6.45, 7) is 3.80. The van der Waals surface area contributed by atoms with Crippen LogP contribution in [0.3, 0.4) is 0 Å². The molecule has 0 saturated carbocycles. The van der Waals surface area contributed by atoms with Crippen molar-refractivity contribution >= 4 is 0 Å². The van der Waals surface area contributed by atoms with Crippen molar-refractivity contribution in [1.82, 2.24) is 0 Å². The molecule has 0 aliphatic carbocycles. The van der Waals surface area contributed by atoms with Crippen LogP contribution in [0.4, 0.5) is 0 Å². The first-order valence-corrected chi connectivity index (χ1v) is 7.14. The molecule has 2 unspecified atom stereocenters. The Morgan fingerprint density at radius 1 is 0.650 bits per heavy atom. The summed E-state index contributed by atoms with van der Waals surface area (Å²) < 4.78 is 0. The third-order valence-electron chi connectivity index (χ3n) is 4.21. The Morgan fingerprint density at radius 2 is 0.950 bits per heavy atom. The Kier molecular flexibility index (Phi) is 4.26. The summed E-state index contributed by atoms with van der Waals surface area (Å²) in [6.07, 6.45) is 0.881. The fraction of sp³-hybridized carbons (Fsp3) is 0.333. The van der Waals surface area contributed by atoms with Gasteiger partial charge in [0.05, 0.1) is 0 Å². The lowest BCUT2D eigenvalue weighted by Crippen LogP contribution is -2.48. The molecular formula is C18H22O2. The van der Waals surface area contributed by atoms with E-state index in [1.54, 1.807) is 0 Å². The van der Waals surface area contributed by atoms with E-state index in [4.69, 9.17) is 0 Å². The lowest BCUT2D eigenvalue weighted by atomic mass is 9.70. The van der Waals surface area contributed by atoms with Gasteiger partial charge in [-0.2, -0.15) is 0 Å². The number of hydrogen-bond acceptors (Lipinski definition) is 2. The summed E-state index contributed by atoms with van der Waals surface area (Å²) in [5.74, 6) is 0. The second-order valence-corrected chi connectivity index (χ2v) is 5.16. The van der Waals surface area contributed by atoms with Crippen molar-refractivity contribution in [1.29, 1.82) is 0 Å². The van der Waals surface area contributed by atoms with Gasteiger partial charge in [0.2, 0.25) is 0 Å². The molecule has 0 spiro atoms. The average Bonchev–Trinajstić information content (AvgIpc) is 2.54. The second-order valence-electron chi connectivity index (χ2n) is 5.16. The van der Waals surface area contributed by atoms with Crippen molar-refractivity contribution < 1.29 is 10.2 Å². The Labute approximate surface area is 120 Å². The Balaban J connectivity index is 2.58. The first kappa shape index (κ1) is 14.8. The van der Waals surface area contributed by atoms with E-state index in [0.29, 0.717) is 12.8 Å². The largest absolute Gasteiger partial charge is 0.382 e. The summed E-state index contributed by atoms with van der Waals surface area (Å²) in [6, 6.07) is 18.8. The maximum Gasteiger partial charge on any atom is 0.122 e. The molecule has 0 aromatic heterocycles. The van der Waals surface area contributed by atoms with Gasteiger partial charge in [0.25, 0.3) is 0 Å². The number of benzene rings is 2. The van der Waals surface area contributed by atoms with E-state index in [2.05, 4.69) is 0 Å². The summed E-state index contributed by atoms with van der Waals surface area (Å²) in [4.78, 5) is 0. The molecule has 2 heteroatoms. The minimum atomic E-state index is -1.30. The molecule has 0 aliphatic rings. The summed E-state index contributed by atoms with van der Waals surface area (Å²) in [5, 5.41) is 22.4. The van der Waals surface area contributed by atoms with E-state index in [1.807, 2.05) is 74.5 Å². The third kappa shape index (κ3) is 2.26. The molecule has 20 heavy (non-hydrogen) atoms. The van der Waals surface area contributed by atoms with Crippen molar-refractivity contribution in [3.05, 3.63) is 71.8 Å². The van der Waals surface area contributed by atoms with Gasteiger partial charge in [-0.15, -0.1) is 0 Å². The molecular weight excluding hydrogens is 248 g/mol. The summed E-state index contributed by atoms with van der Waals surface area (Å²) in [7, 11) is 0. The van der Waals surface area contributed by atoms with Crippen LogP contribution in [0.2, 0.25) is 0 Å². The van der Waals surface area contributed by atoms with Crippen LogP contribution in [0.15, 0.2) is 60.7 Å². The highest BCUT2D eigenvalue weighted by molar-refractivity contribution is 5.33. The average molecular weight is 270 g/mol. The zero-order valence-corrected chi connectivity index (χ0v) is 12.1. The number of rotatable bonds is 5. The second kappa shape index (κ2) is 5.78. The zero-order chi connectivity index (χ0) is 14.6. The molecule has 2 aromatic carbocycles. The monoisotopic (exact) mass is 270 g/mol. The van der Waals surface area contributed by atoms with E-state index in [1.165, 1.54) is 0 Å². The SMILES string of the molecule is CCC(O)(c1ccccc1)C(O)(CC)c1ccccc1. The molecule has 0 heterocycles. The first-order chi connectivity index (χ1) is 9.58. The maximum absolute atomic E-state index is 11.2. The van der Waals surface area contributed by atoms with E-state index < -0.39 is 11.2 Å². The number of aliphatic hydroxyl groups is 2. The van der Waals surface area contributed by atoms with Crippen LogP contribution in [0.1, 0.15) is 37.8 Å². The van der Waals surface area contributed by atoms with Crippen LogP contribution in [-0.4, -0.2) is 10.2 Å². The van der Waals surface area contributed by atoms with Gasteiger partial charge < -0.3 is 10.2 Å². The van der Waals surface area contributed by atoms with Crippen LogP contribution in [0, 0.1) is 0 Å². The van der Waals surface area contributed by atoms with Crippen LogP contribution in [0.5, 0.6) is 0 Å². The molecule has 0 saturated heterocycles. The molecule has 2 aromatic rings. The molecule has 0 aliphatic heterocycles. The van der Waals surface area contributed by atoms with E-state index in [9.17, 15) is 10.2 Å². The lowest BCUT2D eigenvalue weighted by Gasteiger charge is -2.43. The van der Waals surface area contributed by atoms with Gasteiger partial charge in [0, 0.05) is 0 Å². The molecule has 2 rings (SSSR count). The minimum Gasteiger partial charge on any atom is -0.382 e. The molecule has 0 bridgehead atoms. The highest BCUT2D eigenvalue weighted by Gasteiger charge is 2.49. The molecule has 2 N–H and O–H groups in total. The molecule has 106 valence electrons. The predicted molar refractivity (Wildman–Crippen MR) is 81.3 cm³/mol. The number of hydrogen-bond donors (Lipinski definition) is 2. The van der Waals surface area contributed by atoms with Crippen molar-refractivity contribution in [2.45, 2.75) is 37.9 Å². The fourth-order valence-corrected chi connectivity index (χ4v) is 2.90. The fourth-order valence-electron chi connectivity index (χ4n) is 2.90. The third-order valence-corrected chi connectivity index (χ3v) is 4.21. The topological polar surface area (TPSA) is 40.5 Å². The van der Waals surface area contributed by atoms with Gasteiger partial charge >= 0.3 is 0 Å². The normalized spacial score (nSPS) is 17.2. The summed E-state index contributed by atoms with van der Waals surface area (Å²) in [5.41, 5.74) is -1.11. The van der Waals surface area contributed by atoms with Crippen LogP contribution in [-0.2, 0) is 11.2 Å². The van der Waals surface area contributed by atoms with Crippen molar-refractivity contribution in [2.75, 3.05) is 0 Å². The molecule has 0 radical (unpaired) electrons. The predicted octanol–water partition coefficient (Wildman–Crippen LogP) is 3.58. The van der Waals surface area contributed by atoms with Crippen molar-refractivity contribution in [3.8, 4) is 0 Å². The zero-order valence-electron chi connectivity index (χ0n) is 12.1. The smallest absolute Gasteiger partial charge is 0.122 e. The first-order valence-electron chi connectivity index (χ1n) is 7.14. The van der Waals surface area contributed by atoms with Gasteiger partial charge in [0.15, 0.2) is 0 Å². The molecule has 0 amide bonds.